The normalized spacial score (nSPS) is 16.4. The molecule has 1 aliphatic carbocycles. The van der Waals surface area contributed by atoms with Crippen molar-refractivity contribution in [2.24, 2.45) is 5.92 Å². The minimum Gasteiger partial charge on any atom is -0.336 e. The topological polar surface area (TPSA) is 96.5 Å². The van der Waals surface area contributed by atoms with Gasteiger partial charge in [0.15, 0.2) is 0 Å². The lowest BCUT2D eigenvalue weighted by atomic mass is 9.98. The second-order valence-electron chi connectivity index (χ2n) is 6.15. The van der Waals surface area contributed by atoms with Crippen LogP contribution in [0.2, 0.25) is 0 Å². The molecule has 1 aromatic heterocycles. The van der Waals surface area contributed by atoms with Crippen LogP contribution in [0.15, 0.2) is 24.3 Å². The second-order valence-corrected chi connectivity index (χ2v) is 6.15. The van der Waals surface area contributed by atoms with Crippen LogP contribution >= 0.6 is 0 Å². The highest BCUT2D eigenvalue weighted by Crippen LogP contribution is 2.39. The molecule has 0 spiro atoms. The highest BCUT2D eigenvalue weighted by atomic mass is 16.2. The number of hydrogen-bond donors (Lipinski definition) is 1. The fourth-order valence-electron chi connectivity index (χ4n) is 2.47. The molecule has 1 fully saturated rings. The molecule has 3 rings (SSSR count). The third-order valence-electron chi connectivity index (χ3n) is 4.07. The number of nitrogens with zero attached hydrogens (tertiary/aromatic N) is 5. The van der Waals surface area contributed by atoms with Gasteiger partial charge < -0.3 is 5.32 Å². The number of carbonyl (C=O) groups excluding carboxylic acids is 1. The van der Waals surface area contributed by atoms with Gasteiger partial charge in [0.1, 0.15) is 12.1 Å². The van der Waals surface area contributed by atoms with Crippen LogP contribution in [0.4, 0.5) is 0 Å². The molecule has 0 aliphatic heterocycles. The molecule has 118 valence electrons. The molecule has 1 unspecified atom stereocenters. The predicted octanol–water partition coefficient (Wildman–Crippen LogP) is 1.46. The van der Waals surface area contributed by atoms with E-state index in [0.717, 1.165) is 24.0 Å². The molecular formula is C16H18N6O. The fourth-order valence-corrected chi connectivity index (χ4v) is 2.47. The summed E-state index contributed by atoms with van der Waals surface area (Å²) in [5, 5.41) is 24.1. The van der Waals surface area contributed by atoms with Crippen molar-refractivity contribution in [3.05, 3.63) is 29.8 Å². The van der Waals surface area contributed by atoms with E-state index < -0.39 is 5.54 Å². The average Bonchev–Trinajstić information content (AvgIpc) is 3.29. The number of aryl methyl sites for hydroxylation is 1. The maximum atomic E-state index is 12.1. The highest BCUT2D eigenvalue weighted by Gasteiger charge is 2.43. The summed E-state index contributed by atoms with van der Waals surface area (Å²) in [6, 6.07) is 9.96. The summed E-state index contributed by atoms with van der Waals surface area (Å²) < 4.78 is 0. The minimum atomic E-state index is -0.808. The van der Waals surface area contributed by atoms with Crippen LogP contribution in [-0.2, 0) is 11.3 Å². The van der Waals surface area contributed by atoms with Crippen LogP contribution in [0, 0.1) is 24.2 Å². The summed E-state index contributed by atoms with van der Waals surface area (Å²) in [7, 11) is 0. The molecule has 0 radical (unpaired) electrons. The van der Waals surface area contributed by atoms with E-state index in [-0.39, 0.29) is 18.4 Å². The third kappa shape index (κ3) is 3.37. The molecule has 7 heteroatoms. The molecule has 23 heavy (non-hydrogen) atoms. The molecule has 7 nitrogen and oxygen atoms in total. The molecule has 1 aromatic carbocycles. The van der Waals surface area contributed by atoms with Gasteiger partial charge in [0.2, 0.25) is 11.7 Å². The van der Waals surface area contributed by atoms with E-state index in [1.807, 2.05) is 31.2 Å². The Bertz CT molecular complexity index is 756. The SMILES string of the molecule is Cc1ccc(-c2nnn(CC(=O)NC(C)(C#N)C3CC3)n2)cc1. The van der Waals surface area contributed by atoms with Crippen molar-refractivity contribution >= 4 is 5.91 Å². The van der Waals surface area contributed by atoms with Crippen LogP contribution in [-0.4, -0.2) is 31.7 Å². The first-order valence-corrected chi connectivity index (χ1v) is 7.57. The molecule has 1 amide bonds. The Morgan fingerprint density at radius 1 is 1.43 bits per heavy atom. The van der Waals surface area contributed by atoms with Crippen molar-refractivity contribution in [3.63, 3.8) is 0 Å². The number of amides is 1. The van der Waals surface area contributed by atoms with E-state index in [9.17, 15) is 10.1 Å². The predicted molar refractivity (Wildman–Crippen MR) is 82.9 cm³/mol. The van der Waals surface area contributed by atoms with Gasteiger partial charge in [-0.05, 0) is 37.8 Å². The Morgan fingerprint density at radius 3 is 2.74 bits per heavy atom. The summed E-state index contributed by atoms with van der Waals surface area (Å²) in [6.07, 6.45) is 1.95. The first kappa shape index (κ1) is 15.2. The van der Waals surface area contributed by atoms with Crippen LogP contribution in [0.3, 0.4) is 0 Å². The van der Waals surface area contributed by atoms with Gasteiger partial charge in [0.25, 0.3) is 0 Å². The maximum absolute atomic E-state index is 12.1. The van der Waals surface area contributed by atoms with Crippen LogP contribution in [0.1, 0.15) is 25.3 Å². The van der Waals surface area contributed by atoms with Crippen molar-refractivity contribution in [3.8, 4) is 17.5 Å². The van der Waals surface area contributed by atoms with Gasteiger partial charge in [-0.2, -0.15) is 10.1 Å². The quantitative estimate of drug-likeness (QED) is 0.901. The lowest BCUT2D eigenvalue weighted by Crippen LogP contribution is -2.48. The summed E-state index contributed by atoms with van der Waals surface area (Å²) in [6.45, 7) is 3.71. The maximum Gasteiger partial charge on any atom is 0.244 e. The fraction of sp³-hybridized carbons (Fsp3) is 0.438. The largest absolute Gasteiger partial charge is 0.336 e. The van der Waals surface area contributed by atoms with E-state index >= 15 is 0 Å². The molecule has 1 atom stereocenters. The van der Waals surface area contributed by atoms with E-state index in [4.69, 9.17) is 0 Å². The summed E-state index contributed by atoms with van der Waals surface area (Å²) >= 11 is 0. The Labute approximate surface area is 134 Å². The molecule has 1 heterocycles. The molecule has 0 bridgehead atoms. The van der Waals surface area contributed by atoms with Crippen LogP contribution < -0.4 is 5.32 Å². The lowest BCUT2D eigenvalue weighted by molar-refractivity contribution is -0.123. The number of nitriles is 1. The number of hydrogen-bond acceptors (Lipinski definition) is 5. The van der Waals surface area contributed by atoms with E-state index in [0.29, 0.717) is 5.82 Å². The Kier molecular flexibility index (Phi) is 3.82. The minimum absolute atomic E-state index is 0.0527. The standard InChI is InChI=1S/C16H18N6O/c1-11-3-5-12(6-4-11)15-19-21-22(20-15)9-14(23)18-16(2,10-17)13-7-8-13/h3-6,13H,7-9H2,1-2H3,(H,18,23). The zero-order chi connectivity index (χ0) is 16.4. The molecule has 0 saturated heterocycles. The number of tetrazole rings is 1. The number of carbonyl (C=O) groups is 1. The molecule has 2 aromatic rings. The number of benzene rings is 1. The van der Waals surface area contributed by atoms with Gasteiger partial charge in [0.05, 0.1) is 6.07 Å². The van der Waals surface area contributed by atoms with Gasteiger partial charge in [-0.25, -0.2) is 0 Å². The summed E-state index contributed by atoms with van der Waals surface area (Å²) in [5.41, 5.74) is 1.19. The van der Waals surface area contributed by atoms with E-state index in [2.05, 4.69) is 26.8 Å². The number of aromatic nitrogens is 4. The number of rotatable bonds is 5. The Morgan fingerprint density at radius 2 is 2.13 bits per heavy atom. The van der Waals surface area contributed by atoms with Crippen molar-refractivity contribution < 1.29 is 4.79 Å². The first-order valence-electron chi connectivity index (χ1n) is 7.57. The summed E-state index contributed by atoms with van der Waals surface area (Å²) in [5.74, 6) is 0.431. The molecule has 1 saturated carbocycles. The van der Waals surface area contributed by atoms with E-state index in [1.165, 1.54) is 4.80 Å². The monoisotopic (exact) mass is 310 g/mol. The number of nitrogens with one attached hydrogen (secondary N) is 1. The summed E-state index contributed by atoms with van der Waals surface area (Å²) in [4.78, 5) is 13.4. The van der Waals surface area contributed by atoms with Gasteiger partial charge in [-0.3, -0.25) is 4.79 Å². The van der Waals surface area contributed by atoms with Gasteiger partial charge >= 0.3 is 0 Å². The zero-order valence-corrected chi connectivity index (χ0v) is 13.2. The zero-order valence-electron chi connectivity index (χ0n) is 13.2. The van der Waals surface area contributed by atoms with Crippen molar-refractivity contribution in [2.75, 3.05) is 0 Å². The molecular weight excluding hydrogens is 292 g/mol. The average molecular weight is 310 g/mol. The van der Waals surface area contributed by atoms with Crippen molar-refractivity contribution in [1.29, 1.82) is 5.26 Å². The molecule has 1 N–H and O–H groups in total. The van der Waals surface area contributed by atoms with Crippen molar-refractivity contribution in [1.82, 2.24) is 25.5 Å². The third-order valence-corrected chi connectivity index (χ3v) is 4.07. The van der Waals surface area contributed by atoms with E-state index in [1.54, 1.807) is 6.92 Å². The van der Waals surface area contributed by atoms with Gasteiger partial charge in [0, 0.05) is 5.56 Å². The van der Waals surface area contributed by atoms with Crippen LogP contribution in [0.25, 0.3) is 11.4 Å². The first-order chi connectivity index (χ1) is 11.0. The Balaban J connectivity index is 1.66. The Hall–Kier alpha value is -2.75. The van der Waals surface area contributed by atoms with Crippen molar-refractivity contribution in [2.45, 2.75) is 38.8 Å². The smallest absolute Gasteiger partial charge is 0.244 e. The highest BCUT2D eigenvalue weighted by molar-refractivity contribution is 5.77. The molecule has 1 aliphatic rings. The van der Waals surface area contributed by atoms with Crippen LogP contribution in [0.5, 0.6) is 0 Å². The second kappa shape index (κ2) is 5.80. The van der Waals surface area contributed by atoms with Gasteiger partial charge in [-0.15, -0.1) is 10.2 Å². The van der Waals surface area contributed by atoms with Gasteiger partial charge in [-0.1, -0.05) is 29.8 Å². The lowest BCUT2D eigenvalue weighted by Gasteiger charge is -2.22.